The van der Waals surface area contributed by atoms with Gasteiger partial charge in [-0.1, -0.05) is 19.1 Å². The second-order valence-electron chi connectivity index (χ2n) is 6.21. The summed E-state index contributed by atoms with van der Waals surface area (Å²) in [7, 11) is -3.77. The van der Waals surface area contributed by atoms with Crippen molar-refractivity contribution in [3.05, 3.63) is 58.7 Å². The highest BCUT2D eigenvalue weighted by Gasteiger charge is 2.18. The first-order valence-electron chi connectivity index (χ1n) is 8.23. The van der Waals surface area contributed by atoms with Gasteiger partial charge in [-0.2, -0.15) is 0 Å². The van der Waals surface area contributed by atoms with Crippen LogP contribution in [0.3, 0.4) is 0 Å². The summed E-state index contributed by atoms with van der Waals surface area (Å²) in [5.74, 6) is -0.261. The molecule has 25 heavy (non-hydrogen) atoms. The molecule has 2 rings (SSSR count). The number of aryl methyl sites for hydroxylation is 3. The first-order chi connectivity index (χ1) is 11.7. The zero-order valence-electron chi connectivity index (χ0n) is 15.0. The van der Waals surface area contributed by atoms with Gasteiger partial charge in [0, 0.05) is 17.8 Å². The highest BCUT2D eigenvalue weighted by Crippen LogP contribution is 2.21. The number of anilines is 1. The van der Waals surface area contributed by atoms with Gasteiger partial charge in [-0.25, -0.2) is 8.42 Å². The maximum absolute atomic E-state index is 12.7. The van der Waals surface area contributed by atoms with Crippen LogP contribution in [0.1, 0.15) is 40.4 Å². The summed E-state index contributed by atoms with van der Waals surface area (Å²) in [5.41, 5.74) is 3.56. The number of carbonyl (C=O) groups excluding carboxylic acids is 1. The first kappa shape index (κ1) is 19.0. The normalized spacial score (nSPS) is 11.2. The average molecular weight is 360 g/mol. The van der Waals surface area contributed by atoms with Crippen LogP contribution in [0, 0.1) is 20.8 Å². The molecule has 0 bridgehead atoms. The van der Waals surface area contributed by atoms with E-state index >= 15 is 0 Å². The summed E-state index contributed by atoms with van der Waals surface area (Å²) in [6.07, 6.45) is 0.817. The van der Waals surface area contributed by atoms with Crippen molar-refractivity contribution in [1.82, 2.24) is 5.32 Å². The number of amides is 1. The maximum Gasteiger partial charge on any atom is 0.261 e. The monoisotopic (exact) mass is 360 g/mol. The molecule has 0 aromatic heterocycles. The van der Waals surface area contributed by atoms with Gasteiger partial charge in [-0.3, -0.25) is 9.52 Å². The van der Waals surface area contributed by atoms with E-state index in [4.69, 9.17) is 0 Å². The fourth-order valence-electron chi connectivity index (χ4n) is 2.59. The van der Waals surface area contributed by atoms with Crippen molar-refractivity contribution in [1.29, 1.82) is 0 Å². The largest absolute Gasteiger partial charge is 0.352 e. The lowest BCUT2D eigenvalue weighted by molar-refractivity contribution is 0.0953. The molecule has 0 heterocycles. The number of rotatable bonds is 6. The molecule has 5 nitrogen and oxygen atoms in total. The predicted octanol–water partition coefficient (Wildman–Crippen LogP) is 3.55. The third kappa shape index (κ3) is 4.82. The van der Waals surface area contributed by atoms with Crippen LogP contribution in [-0.2, 0) is 10.0 Å². The number of sulfonamides is 1. The van der Waals surface area contributed by atoms with Crippen LogP contribution in [0.4, 0.5) is 5.69 Å². The molecule has 2 N–H and O–H groups in total. The Balaban J connectivity index is 2.34. The van der Waals surface area contributed by atoms with Gasteiger partial charge in [0.05, 0.1) is 4.90 Å². The van der Waals surface area contributed by atoms with E-state index in [1.807, 2.05) is 26.8 Å². The number of carbonyl (C=O) groups is 1. The molecule has 0 aliphatic heterocycles. The van der Waals surface area contributed by atoms with E-state index in [1.54, 1.807) is 25.1 Å². The second-order valence-corrected chi connectivity index (χ2v) is 7.90. The van der Waals surface area contributed by atoms with Crippen molar-refractivity contribution < 1.29 is 13.2 Å². The Labute approximate surface area is 149 Å². The lowest BCUT2D eigenvalue weighted by Gasteiger charge is -2.12. The van der Waals surface area contributed by atoms with Crippen LogP contribution >= 0.6 is 0 Å². The summed E-state index contributed by atoms with van der Waals surface area (Å²) >= 11 is 0. The fourth-order valence-corrected chi connectivity index (χ4v) is 3.66. The number of hydrogen-bond donors (Lipinski definition) is 2. The van der Waals surface area contributed by atoms with Gasteiger partial charge < -0.3 is 5.32 Å². The molecule has 1 amide bonds. The van der Waals surface area contributed by atoms with E-state index in [-0.39, 0.29) is 10.8 Å². The topological polar surface area (TPSA) is 75.3 Å². The zero-order valence-corrected chi connectivity index (χ0v) is 15.8. The average Bonchev–Trinajstić information content (AvgIpc) is 2.51. The molecular weight excluding hydrogens is 336 g/mol. The predicted molar refractivity (Wildman–Crippen MR) is 101 cm³/mol. The quantitative estimate of drug-likeness (QED) is 0.827. The smallest absolute Gasteiger partial charge is 0.261 e. The highest BCUT2D eigenvalue weighted by molar-refractivity contribution is 7.92. The summed E-state index contributed by atoms with van der Waals surface area (Å²) in [6.45, 7) is 8.12. The number of nitrogens with one attached hydrogen (secondary N) is 2. The van der Waals surface area contributed by atoms with E-state index in [0.29, 0.717) is 17.8 Å². The SMILES string of the molecule is CCCNC(=O)c1cc(S(=O)(=O)Nc2cc(C)cc(C)c2)ccc1C. The highest BCUT2D eigenvalue weighted by atomic mass is 32.2. The maximum atomic E-state index is 12.7. The van der Waals surface area contributed by atoms with Gasteiger partial charge in [0.25, 0.3) is 15.9 Å². The van der Waals surface area contributed by atoms with E-state index in [9.17, 15) is 13.2 Å². The van der Waals surface area contributed by atoms with Crippen LogP contribution in [-0.4, -0.2) is 20.9 Å². The van der Waals surface area contributed by atoms with Crippen LogP contribution in [0.25, 0.3) is 0 Å². The Morgan fingerprint density at radius 2 is 1.64 bits per heavy atom. The van der Waals surface area contributed by atoms with Crippen molar-refractivity contribution in [2.45, 2.75) is 39.0 Å². The molecule has 0 fully saturated rings. The van der Waals surface area contributed by atoms with Gasteiger partial charge in [0.15, 0.2) is 0 Å². The van der Waals surface area contributed by atoms with Crippen molar-refractivity contribution in [3.8, 4) is 0 Å². The standard InChI is InChI=1S/C19H24N2O3S/c1-5-8-20-19(22)18-12-17(7-6-15(18)4)25(23,24)21-16-10-13(2)9-14(3)11-16/h6-7,9-12,21H,5,8H2,1-4H3,(H,20,22). The van der Waals surface area contributed by atoms with Gasteiger partial charge in [0.2, 0.25) is 0 Å². The summed E-state index contributed by atoms with van der Waals surface area (Å²) < 4.78 is 27.9. The molecule has 2 aromatic rings. The fraction of sp³-hybridized carbons (Fsp3) is 0.316. The Hall–Kier alpha value is -2.34. The summed E-state index contributed by atoms with van der Waals surface area (Å²) in [5, 5.41) is 2.78. The van der Waals surface area contributed by atoms with Crippen molar-refractivity contribution in [2.75, 3.05) is 11.3 Å². The third-order valence-corrected chi connectivity index (χ3v) is 5.15. The number of benzene rings is 2. The molecule has 0 aliphatic carbocycles. The van der Waals surface area contributed by atoms with E-state index in [2.05, 4.69) is 10.0 Å². The number of hydrogen-bond acceptors (Lipinski definition) is 3. The molecule has 0 atom stereocenters. The van der Waals surface area contributed by atoms with Crippen molar-refractivity contribution >= 4 is 21.6 Å². The Bertz CT molecular complexity index is 869. The molecule has 0 unspecified atom stereocenters. The first-order valence-corrected chi connectivity index (χ1v) is 9.71. The molecule has 0 saturated heterocycles. The van der Waals surface area contributed by atoms with Gasteiger partial charge in [-0.15, -0.1) is 0 Å². The molecule has 6 heteroatoms. The van der Waals surface area contributed by atoms with Crippen LogP contribution in [0.15, 0.2) is 41.3 Å². The second kappa shape index (κ2) is 7.70. The minimum atomic E-state index is -3.77. The third-order valence-electron chi connectivity index (χ3n) is 3.77. The summed E-state index contributed by atoms with van der Waals surface area (Å²) in [4.78, 5) is 12.3. The summed E-state index contributed by atoms with van der Waals surface area (Å²) in [6, 6.07) is 10.1. The molecular formula is C19H24N2O3S. The molecule has 0 spiro atoms. The van der Waals surface area contributed by atoms with Crippen LogP contribution in [0.2, 0.25) is 0 Å². The van der Waals surface area contributed by atoms with Gasteiger partial charge in [-0.05, 0) is 68.1 Å². The van der Waals surface area contributed by atoms with Crippen molar-refractivity contribution in [2.24, 2.45) is 0 Å². The Morgan fingerprint density at radius 1 is 1.00 bits per heavy atom. The minimum absolute atomic E-state index is 0.0684. The van der Waals surface area contributed by atoms with Gasteiger partial charge >= 0.3 is 0 Å². The van der Waals surface area contributed by atoms with E-state index in [1.165, 1.54) is 12.1 Å². The van der Waals surface area contributed by atoms with Crippen LogP contribution in [0.5, 0.6) is 0 Å². The molecule has 0 radical (unpaired) electrons. The molecule has 134 valence electrons. The Kier molecular flexibility index (Phi) is 5.85. The lowest BCUT2D eigenvalue weighted by Crippen LogP contribution is -2.25. The van der Waals surface area contributed by atoms with Crippen molar-refractivity contribution in [3.63, 3.8) is 0 Å². The van der Waals surface area contributed by atoms with Gasteiger partial charge in [0.1, 0.15) is 0 Å². The van der Waals surface area contributed by atoms with E-state index < -0.39 is 10.0 Å². The Morgan fingerprint density at radius 3 is 2.24 bits per heavy atom. The molecule has 2 aromatic carbocycles. The van der Waals surface area contributed by atoms with Crippen LogP contribution < -0.4 is 10.0 Å². The molecule has 0 aliphatic rings. The lowest BCUT2D eigenvalue weighted by atomic mass is 10.1. The zero-order chi connectivity index (χ0) is 18.6. The minimum Gasteiger partial charge on any atom is -0.352 e. The molecule has 0 saturated carbocycles. The van der Waals surface area contributed by atoms with E-state index in [0.717, 1.165) is 23.1 Å².